The van der Waals surface area contributed by atoms with Gasteiger partial charge in [-0.25, -0.2) is 8.42 Å². The van der Waals surface area contributed by atoms with Gasteiger partial charge in [-0.2, -0.15) is 0 Å². The number of fused-ring (bicyclic) bond motifs is 1. The van der Waals surface area contributed by atoms with Crippen LogP contribution < -0.4 is 4.74 Å². The summed E-state index contributed by atoms with van der Waals surface area (Å²) in [6.07, 6.45) is -1.08. The van der Waals surface area contributed by atoms with Crippen LogP contribution in [0.15, 0.2) is 53.4 Å². The van der Waals surface area contributed by atoms with E-state index in [2.05, 4.69) is 0 Å². The van der Waals surface area contributed by atoms with E-state index in [0.29, 0.717) is 11.3 Å². The SMILES string of the molecule is Cc1cccc(S(=O)(=O)C2COc3ccccc3C2O)c1. The van der Waals surface area contributed by atoms with Gasteiger partial charge in [0, 0.05) is 5.56 Å². The molecule has 3 rings (SSSR count). The normalized spacial score (nSPS) is 21.4. The first-order chi connectivity index (χ1) is 10.00. The number of hydrogen-bond acceptors (Lipinski definition) is 4. The van der Waals surface area contributed by atoms with Gasteiger partial charge in [0.1, 0.15) is 23.7 Å². The highest BCUT2D eigenvalue weighted by Gasteiger charge is 2.39. The van der Waals surface area contributed by atoms with Crippen molar-refractivity contribution in [1.82, 2.24) is 0 Å². The third-order valence-electron chi connectivity index (χ3n) is 3.71. The lowest BCUT2D eigenvalue weighted by molar-refractivity contribution is 0.119. The maximum absolute atomic E-state index is 12.7. The molecule has 0 radical (unpaired) electrons. The molecule has 2 unspecified atom stereocenters. The quantitative estimate of drug-likeness (QED) is 0.924. The lowest BCUT2D eigenvalue weighted by atomic mass is 10.0. The first-order valence-corrected chi connectivity index (χ1v) is 8.25. The molecular weight excluding hydrogens is 288 g/mol. The van der Waals surface area contributed by atoms with Crippen molar-refractivity contribution in [3.05, 3.63) is 59.7 Å². The molecule has 110 valence electrons. The van der Waals surface area contributed by atoms with Gasteiger partial charge in [-0.1, -0.05) is 30.3 Å². The Morgan fingerprint density at radius 1 is 1.14 bits per heavy atom. The number of aliphatic hydroxyl groups excluding tert-OH is 1. The number of ether oxygens (including phenoxy) is 1. The standard InChI is InChI=1S/C16H16O4S/c1-11-5-4-6-12(9-11)21(18,19)15-10-20-14-8-3-2-7-13(14)16(15)17/h2-9,15-17H,10H2,1H3. The topological polar surface area (TPSA) is 63.6 Å². The van der Waals surface area contributed by atoms with Crippen LogP contribution in [0.5, 0.6) is 5.75 Å². The van der Waals surface area contributed by atoms with E-state index in [1.54, 1.807) is 42.5 Å². The summed E-state index contributed by atoms with van der Waals surface area (Å²) in [5.41, 5.74) is 1.38. The Labute approximate surface area is 123 Å². The Hall–Kier alpha value is -1.85. The van der Waals surface area contributed by atoms with Crippen molar-refractivity contribution in [1.29, 1.82) is 0 Å². The summed E-state index contributed by atoms with van der Waals surface area (Å²) in [4.78, 5) is 0.217. The van der Waals surface area contributed by atoms with Gasteiger partial charge in [0.25, 0.3) is 0 Å². The molecule has 2 atom stereocenters. The van der Waals surface area contributed by atoms with Crippen LogP contribution in [0, 0.1) is 6.92 Å². The molecule has 1 aliphatic rings. The fourth-order valence-electron chi connectivity index (χ4n) is 2.55. The highest BCUT2D eigenvalue weighted by Crippen LogP contribution is 2.36. The predicted octanol–water partition coefficient (Wildman–Crippen LogP) is 2.26. The van der Waals surface area contributed by atoms with Crippen LogP contribution in [0.1, 0.15) is 17.2 Å². The van der Waals surface area contributed by atoms with Crippen molar-refractivity contribution in [2.75, 3.05) is 6.61 Å². The molecule has 0 fully saturated rings. The lowest BCUT2D eigenvalue weighted by Crippen LogP contribution is -2.37. The first-order valence-electron chi connectivity index (χ1n) is 6.70. The minimum absolute atomic E-state index is 0.0472. The van der Waals surface area contributed by atoms with E-state index in [1.165, 1.54) is 0 Å². The molecule has 2 aromatic carbocycles. The van der Waals surface area contributed by atoms with Crippen LogP contribution in [0.25, 0.3) is 0 Å². The van der Waals surface area contributed by atoms with Crippen molar-refractivity contribution in [3.8, 4) is 5.75 Å². The zero-order valence-corrected chi connectivity index (χ0v) is 12.4. The lowest BCUT2D eigenvalue weighted by Gasteiger charge is -2.30. The predicted molar refractivity (Wildman–Crippen MR) is 79.0 cm³/mol. The van der Waals surface area contributed by atoms with E-state index in [0.717, 1.165) is 5.56 Å². The summed E-state index contributed by atoms with van der Waals surface area (Å²) in [5.74, 6) is 0.542. The van der Waals surface area contributed by atoms with Gasteiger partial charge in [-0.05, 0) is 30.7 Å². The third-order valence-corrected chi connectivity index (χ3v) is 5.81. The van der Waals surface area contributed by atoms with Gasteiger partial charge in [0.15, 0.2) is 9.84 Å². The number of hydrogen-bond donors (Lipinski definition) is 1. The summed E-state index contributed by atoms with van der Waals surface area (Å²) in [5, 5.41) is 9.44. The highest BCUT2D eigenvalue weighted by atomic mass is 32.2. The molecule has 0 amide bonds. The monoisotopic (exact) mass is 304 g/mol. The maximum atomic E-state index is 12.7. The fraction of sp³-hybridized carbons (Fsp3) is 0.250. The van der Waals surface area contributed by atoms with Crippen molar-refractivity contribution in [3.63, 3.8) is 0 Å². The first kappa shape index (κ1) is 14.1. The second kappa shape index (κ2) is 5.16. The second-order valence-corrected chi connectivity index (χ2v) is 7.36. The van der Waals surface area contributed by atoms with E-state index in [9.17, 15) is 13.5 Å². The molecule has 21 heavy (non-hydrogen) atoms. The van der Waals surface area contributed by atoms with Crippen molar-refractivity contribution in [2.45, 2.75) is 23.2 Å². The Morgan fingerprint density at radius 3 is 2.67 bits per heavy atom. The van der Waals surface area contributed by atoms with Crippen LogP contribution in [0.4, 0.5) is 0 Å². The molecule has 0 saturated carbocycles. The number of para-hydroxylation sites is 1. The minimum Gasteiger partial charge on any atom is -0.492 e. The van der Waals surface area contributed by atoms with E-state index in [4.69, 9.17) is 4.74 Å². The molecule has 1 N–H and O–H groups in total. The third kappa shape index (κ3) is 2.43. The molecule has 0 aromatic heterocycles. The molecule has 0 spiro atoms. The largest absolute Gasteiger partial charge is 0.492 e. The van der Waals surface area contributed by atoms with Crippen LogP contribution in [-0.4, -0.2) is 25.4 Å². The number of sulfone groups is 1. The zero-order chi connectivity index (χ0) is 15.0. The summed E-state index contributed by atoms with van der Waals surface area (Å²) < 4.78 is 30.9. The molecule has 1 heterocycles. The summed E-state index contributed by atoms with van der Waals surface area (Å²) in [7, 11) is -3.65. The number of aliphatic hydroxyl groups is 1. The molecular formula is C16H16O4S. The Balaban J connectivity index is 2.02. The molecule has 2 aromatic rings. The average molecular weight is 304 g/mol. The van der Waals surface area contributed by atoms with Crippen LogP contribution in [-0.2, 0) is 9.84 Å². The van der Waals surface area contributed by atoms with Gasteiger partial charge >= 0.3 is 0 Å². The molecule has 0 aliphatic carbocycles. The van der Waals surface area contributed by atoms with Gasteiger partial charge < -0.3 is 9.84 Å². The summed E-state index contributed by atoms with van der Waals surface area (Å²) >= 11 is 0. The molecule has 0 saturated heterocycles. The Morgan fingerprint density at radius 2 is 1.90 bits per heavy atom. The van der Waals surface area contributed by atoms with E-state index < -0.39 is 21.2 Å². The number of rotatable bonds is 2. The van der Waals surface area contributed by atoms with E-state index >= 15 is 0 Å². The van der Waals surface area contributed by atoms with Gasteiger partial charge in [0.05, 0.1) is 4.90 Å². The van der Waals surface area contributed by atoms with Crippen LogP contribution in [0.3, 0.4) is 0 Å². The van der Waals surface area contributed by atoms with Crippen LogP contribution >= 0.6 is 0 Å². The van der Waals surface area contributed by atoms with Crippen molar-refractivity contribution in [2.24, 2.45) is 0 Å². The number of benzene rings is 2. The van der Waals surface area contributed by atoms with E-state index in [-0.39, 0.29) is 11.5 Å². The summed E-state index contributed by atoms with van der Waals surface area (Å²) in [6, 6.07) is 13.7. The Kier molecular flexibility index (Phi) is 3.47. The summed E-state index contributed by atoms with van der Waals surface area (Å²) in [6.45, 7) is 1.79. The fourth-order valence-corrected chi connectivity index (χ4v) is 4.25. The zero-order valence-electron chi connectivity index (χ0n) is 11.6. The number of aryl methyl sites for hydroxylation is 1. The van der Waals surface area contributed by atoms with Crippen molar-refractivity contribution >= 4 is 9.84 Å². The molecule has 5 heteroatoms. The molecule has 1 aliphatic heterocycles. The second-order valence-electron chi connectivity index (χ2n) is 5.19. The van der Waals surface area contributed by atoms with Gasteiger partial charge in [-0.15, -0.1) is 0 Å². The van der Waals surface area contributed by atoms with Crippen LogP contribution in [0.2, 0.25) is 0 Å². The molecule has 4 nitrogen and oxygen atoms in total. The maximum Gasteiger partial charge on any atom is 0.187 e. The minimum atomic E-state index is -3.65. The van der Waals surface area contributed by atoms with Gasteiger partial charge in [0.2, 0.25) is 0 Å². The van der Waals surface area contributed by atoms with Gasteiger partial charge in [-0.3, -0.25) is 0 Å². The highest BCUT2D eigenvalue weighted by molar-refractivity contribution is 7.92. The molecule has 0 bridgehead atoms. The van der Waals surface area contributed by atoms with Crippen molar-refractivity contribution < 1.29 is 18.3 Å². The Bertz CT molecular complexity index is 767. The van der Waals surface area contributed by atoms with E-state index in [1.807, 2.05) is 13.0 Å². The average Bonchev–Trinajstić information content (AvgIpc) is 2.47. The smallest absolute Gasteiger partial charge is 0.187 e.